The van der Waals surface area contributed by atoms with Gasteiger partial charge >= 0.3 is 7.82 Å². The van der Waals surface area contributed by atoms with Gasteiger partial charge < -0.3 is 152 Å². The number of carbonyl (C=O) groups excluding carboxylic acids is 11. The fourth-order valence-electron chi connectivity index (χ4n) is 14.1. The molecule has 0 radical (unpaired) electrons. The Morgan fingerprint density at radius 3 is 1.03 bits per heavy atom. The van der Waals surface area contributed by atoms with Crippen molar-refractivity contribution in [2.24, 2.45) is 0 Å². The highest BCUT2D eigenvalue weighted by Crippen LogP contribution is 2.47. The van der Waals surface area contributed by atoms with Crippen LogP contribution in [0.5, 0.6) is 0 Å². The van der Waals surface area contributed by atoms with Crippen LogP contribution >= 0.6 is 19.9 Å². The van der Waals surface area contributed by atoms with Crippen LogP contribution in [0.2, 0.25) is 0 Å². The van der Waals surface area contributed by atoms with E-state index < -0.39 is 143 Å². The molecule has 4 rings (SSSR count). The second kappa shape index (κ2) is 63.8. The van der Waals surface area contributed by atoms with Crippen LogP contribution in [0.15, 0.2) is 0 Å². The zero-order chi connectivity index (χ0) is 92.0. The summed E-state index contributed by atoms with van der Waals surface area (Å²) in [4.78, 5) is 152. The van der Waals surface area contributed by atoms with E-state index >= 15 is 0 Å². The Bertz CT molecular complexity index is 2960. The Hall–Kier alpha value is -6.09. The van der Waals surface area contributed by atoms with Crippen LogP contribution in [-0.2, 0) is 108 Å². The lowest BCUT2D eigenvalue weighted by Gasteiger charge is -2.42. The number of rotatable bonds is 68. The number of nitrogens with one attached hydrogen (secondary N) is 10. The minimum atomic E-state index is -4.23. The first-order valence-corrected chi connectivity index (χ1v) is 46.2. The molecule has 4 fully saturated rings. The molecule has 10 unspecified atom stereocenters. The number of amides is 11. The van der Waals surface area contributed by atoms with Crippen molar-refractivity contribution >= 4 is 84.8 Å². The predicted molar refractivity (Wildman–Crippen MR) is 446 cm³/mol. The average Bonchev–Trinajstić information content (AvgIpc) is 1.57. The maximum absolute atomic E-state index is 14.1. The van der Waals surface area contributed by atoms with Gasteiger partial charge in [0.1, 0.15) is 78.6 Å². The van der Waals surface area contributed by atoms with E-state index in [-0.39, 0.29) is 204 Å². The predicted octanol–water partition coefficient (Wildman–Crippen LogP) is -3.38. The highest BCUT2D eigenvalue weighted by Gasteiger charge is 2.48. The maximum atomic E-state index is 14.1. The topological polar surface area (TPSA) is 632 Å². The number of carbonyl (C=O) groups is 11. The van der Waals surface area contributed by atoms with Crippen molar-refractivity contribution in [3.8, 4) is 0 Å². The average molecular weight is 1840 g/mol. The number of nitrogens with zero attached hydrogens (tertiary/aromatic N) is 1. The number of hydrogen-bond acceptors (Lipinski definition) is 33. The smallest absolute Gasteiger partial charge is 0.394 e. The summed E-state index contributed by atoms with van der Waals surface area (Å²) in [6, 6.07) is -3.62. The maximum Gasteiger partial charge on any atom is 0.483 e. The molecule has 0 aliphatic carbocycles. The van der Waals surface area contributed by atoms with Crippen molar-refractivity contribution in [2.45, 2.75) is 298 Å². The van der Waals surface area contributed by atoms with Crippen LogP contribution < -0.4 is 53.2 Å². The SMILES string of the molecule is CSOP(=O)(O)OCC1CCCN1C(=O)CCCCCCCCCCC(=O)NC(COCCC(=O)NCCCNC(=O)CCCCO[C@@H]1OC(CO)[C@H](O)C(O)C1NC(C)=O)(COCCC(=O)NCCCNC(=O)CCCCO[C@@H]1OC(CO)[C@H](O)C(O)C1NC(C)=O)COCCC(=O)NCCCNC(=O)CCCCO[C@@H]1OC(CO)[C@H](O)C(O)[C@H]1NC(C)=O. The van der Waals surface area contributed by atoms with E-state index in [1.54, 1.807) is 4.90 Å². The number of phosphoric ester groups is 1. The molecule has 0 aromatic heterocycles. The van der Waals surface area contributed by atoms with E-state index in [1.807, 2.05) is 0 Å². The summed E-state index contributed by atoms with van der Waals surface area (Å²) in [5.74, 6) is -3.85. The summed E-state index contributed by atoms with van der Waals surface area (Å²) in [6.45, 7) is 2.58. The quantitative estimate of drug-likeness (QED) is 0.0161. The van der Waals surface area contributed by atoms with Gasteiger partial charge in [-0.05, 0) is 83.5 Å². The lowest BCUT2D eigenvalue weighted by molar-refractivity contribution is -0.270. The molecule has 44 nitrogen and oxygen atoms in total. The molecular formula is C79H142N11O33PS. The molecule has 0 aromatic rings. The van der Waals surface area contributed by atoms with E-state index in [0.717, 1.165) is 50.6 Å². The van der Waals surface area contributed by atoms with Crippen molar-refractivity contribution in [1.29, 1.82) is 0 Å². The summed E-state index contributed by atoms with van der Waals surface area (Å²) in [5, 5.41) is 118. The van der Waals surface area contributed by atoms with Gasteiger partial charge in [-0.3, -0.25) is 57.3 Å². The van der Waals surface area contributed by atoms with Crippen molar-refractivity contribution in [2.75, 3.05) is 138 Å². The zero-order valence-corrected chi connectivity index (χ0v) is 74.3. The van der Waals surface area contributed by atoms with Crippen LogP contribution in [0.3, 0.4) is 0 Å². The molecule has 20 N–H and O–H groups in total. The number of unbranched alkanes of at least 4 members (excludes halogenated alkanes) is 10. The number of likely N-dealkylation sites (tertiary alicyclic amines) is 1. The standard InChI is InChI=1S/C79H142N11O33PS/c1-52(94)86-67-73(108)70(105)56(45-91)120-76(67)116-39-16-13-24-59(97)80-32-20-35-83-62(100)29-42-113-49-79(89-65(103)27-11-9-7-5-6-8-10-12-28-66(104)90-38-19-23-55(90)48-119-124(111,112)123-125-4,50-114-43-30-63(101)84-36-21-33-81-60(98)25-14-17-40-117-77-68(87-53(2)95)74(109)71(106)57(46-92)121-77)51-115-44-31-64(102)85-37-22-34-82-61(99)26-15-18-41-118-78-69(88-54(3)96)75(110)72(107)58(47-93)122-78/h55-58,67-78,91-93,105-110H,5-51H2,1-4H3,(H,80,97)(H,81,98)(H,82,99)(H,83,100)(H,84,101)(H,85,102)(H,86,94)(H,87,95)(H,88,96)(H,89,103)(H,111,112)/t55?,56?,57?,58?,67-,68?,69?,70+,71+,72+,73?,74?,75?,76-,77-,78-,79?/m1/s1. The fourth-order valence-corrected chi connectivity index (χ4v) is 15.3. The van der Waals surface area contributed by atoms with E-state index in [0.29, 0.717) is 96.4 Å². The van der Waals surface area contributed by atoms with Crippen LogP contribution in [0.1, 0.15) is 194 Å². The highest BCUT2D eigenvalue weighted by molar-refractivity contribution is 7.97. The molecule has 11 amide bonds. The van der Waals surface area contributed by atoms with Gasteiger partial charge in [-0.1, -0.05) is 38.5 Å². The number of aliphatic hydroxyl groups excluding tert-OH is 9. The van der Waals surface area contributed by atoms with Gasteiger partial charge in [-0.25, -0.2) is 8.54 Å². The molecule has 0 spiro atoms. The summed E-state index contributed by atoms with van der Waals surface area (Å²) < 4.78 is 74.1. The first-order chi connectivity index (χ1) is 59.9. The third-order valence-electron chi connectivity index (χ3n) is 20.8. The van der Waals surface area contributed by atoms with Gasteiger partial charge in [0.15, 0.2) is 18.9 Å². The van der Waals surface area contributed by atoms with E-state index in [2.05, 4.69) is 53.2 Å². The van der Waals surface area contributed by atoms with E-state index in [1.165, 1.54) is 27.0 Å². The van der Waals surface area contributed by atoms with Gasteiger partial charge in [0.25, 0.3) is 0 Å². The Kier molecular flexibility index (Phi) is 56.8. The van der Waals surface area contributed by atoms with Crippen molar-refractivity contribution in [3.63, 3.8) is 0 Å². The molecule has 4 saturated heterocycles. The lowest BCUT2D eigenvalue weighted by Crippen LogP contribution is -2.64. The molecule has 125 heavy (non-hydrogen) atoms. The summed E-state index contributed by atoms with van der Waals surface area (Å²) in [5.41, 5.74) is -1.45. The molecule has 46 heteroatoms. The number of aliphatic hydroxyl groups is 9. The van der Waals surface area contributed by atoms with Gasteiger partial charge in [0, 0.05) is 156 Å². The summed E-state index contributed by atoms with van der Waals surface area (Å²) in [6.07, 6.45) is -2.74. The summed E-state index contributed by atoms with van der Waals surface area (Å²) in [7, 11) is -4.23. The second-order valence-corrected chi connectivity index (χ2v) is 33.5. The molecule has 4 aliphatic rings. The van der Waals surface area contributed by atoms with Crippen LogP contribution in [0.25, 0.3) is 0 Å². The Labute approximate surface area is 734 Å². The van der Waals surface area contributed by atoms with Crippen LogP contribution in [0, 0.1) is 0 Å². The number of ether oxygens (including phenoxy) is 9. The van der Waals surface area contributed by atoms with Crippen molar-refractivity contribution < 1.29 is 159 Å². The minimum absolute atomic E-state index is 0.0348. The number of phosphoric acid groups is 1. The van der Waals surface area contributed by atoms with Crippen molar-refractivity contribution in [1.82, 2.24) is 58.1 Å². The monoisotopic (exact) mass is 1840 g/mol. The molecular weight excluding hydrogens is 1690 g/mol. The second-order valence-electron chi connectivity index (χ2n) is 31.4. The third-order valence-corrected chi connectivity index (χ3v) is 22.6. The van der Waals surface area contributed by atoms with Crippen LogP contribution in [-0.4, -0.2) is 362 Å². The molecule has 4 heterocycles. The third kappa shape index (κ3) is 45.8. The largest absolute Gasteiger partial charge is 0.483 e. The van der Waals surface area contributed by atoms with E-state index in [9.17, 15) is 108 Å². The fraction of sp³-hybridized carbons (Fsp3) is 0.861. The normalized spacial score (nSPS) is 24.6. The Balaban J connectivity index is 1.31. The van der Waals surface area contributed by atoms with Gasteiger partial charge in [0.05, 0.1) is 72.1 Å². The molecule has 722 valence electrons. The number of hydrogen-bond donors (Lipinski definition) is 20. The van der Waals surface area contributed by atoms with E-state index in [4.69, 9.17) is 51.1 Å². The zero-order valence-electron chi connectivity index (χ0n) is 72.6. The molecule has 0 saturated carbocycles. The Morgan fingerprint density at radius 2 is 0.712 bits per heavy atom. The minimum Gasteiger partial charge on any atom is -0.394 e. The Morgan fingerprint density at radius 1 is 0.408 bits per heavy atom. The molecule has 17 atom stereocenters. The van der Waals surface area contributed by atoms with Gasteiger partial charge in [0.2, 0.25) is 65.0 Å². The molecule has 0 bridgehead atoms. The van der Waals surface area contributed by atoms with Crippen LogP contribution in [0.4, 0.5) is 0 Å². The first-order valence-electron chi connectivity index (χ1n) is 43.5. The lowest BCUT2D eigenvalue weighted by atomic mass is 9.97. The van der Waals surface area contributed by atoms with Crippen molar-refractivity contribution in [3.05, 3.63) is 0 Å². The molecule has 4 aliphatic heterocycles. The van der Waals surface area contributed by atoms with Gasteiger partial charge in [-0.2, -0.15) is 0 Å². The summed E-state index contributed by atoms with van der Waals surface area (Å²) >= 11 is 0.721. The molecule has 0 aromatic carbocycles. The van der Waals surface area contributed by atoms with Gasteiger partial charge in [-0.15, -0.1) is 0 Å². The highest BCUT2D eigenvalue weighted by atomic mass is 32.2. The first kappa shape index (κ1) is 111.